The van der Waals surface area contributed by atoms with Crippen LogP contribution in [0.15, 0.2) is 18.2 Å². The fourth-order valence-corrected chi connectivity index (χ4v) is 2.06. The molecule has 3 nitrogen and oxygen atoms in total. The van der Waals surface area contributed by atoms with Gasteiger partial charge in [-0.25, -0.2) is 4.39 Å². The molecule has 1 fully saturated rings. The summed E-state index contributed by atoms with van der Waals surface area (Å²) in [5.74, 6) is -0.377. The van der Waals surface area contributed by atoms with Crippen LogP contribution >= 0.6 is 0 Å². The van der Waals surface area contributed by atoms with Crippen LogP contribution in [0.3, 0.4) is 0 Å². The van der Waals surface area contributed by atoms with Crippen molar-refractivity contribution >= 4 is 5.69 Å². The van der Waals surface area contributed by atoms with E-state index in [-0.39, 0.29) is 5.82 Å². The Balaban J connectivity index is 1.96. The molecule has 0 atom stereocenters. The number of hydrogen-bond donors (Lipinski definition) is 1. The first-order valence-electron chi connectivity index (χ1n) is 6.12. The van der Waals surface area contributed by atoms with E-state index in [1.807, 2.05) is 6.07 Å². The molecule has 0 radical (unpaired) electrons. The van der Waals surface area contributed by atoms with Crippen molar-refractivity contribution in [1.82, 2.24) is 0 Å². The molecular formula is C14H17FN2O. The Morgan fingerprint density at radius 2 is 2.28 bits per heavy atom. The minimum Gasteiger partial charge on any atom is -0.385 e. The standard InChI is InChI=1S/C14H17FN2O/c1-18-7-6-14(4-5-14)10-17-13-3-2-12(15)8-11(13)9-16/h2-3,8,17H,4-7,10H2,1H3. The third kappa shape index (κ3) is 2.99. The molecule has 0 bridgehead atoms. The molecule has 0 aliphatic heterocycles. The van der Waals surface area contributed by atoms with E-state index in [9.17, 15) is 4.39 Å². The summed E-state index contributed by atoms with van der Waals surface area (Å²) in [6.45, 7) is 1.58. The zero-order valence-corrected chi connectivity index (χ0v) is 10.5. The van der Waals surface area contributed by atoms with Crippen molar-refractivity contribution < 1.29 is 9.13 Å². The first-order chi connectivity index (χ1) is 8.69. The van der Waals surface area contributed by atoms with Crippen LogP contribution in [0.5, 0.6) is 0 Å². The molecule has 1 N–H and O–H groups in total. The summed E-state index contributed by atoms with van der Waals surface area (Å²) in [4.78, 5) is 0. The zero-order valence-electron chi connectivity index (χ0n) is 10.5. The van der Waals surface area contributed by atoms with Gasteiger partial charge in [-0.05, 0) is 42.9 Å². The van der Waals surface area contributed by atoms with Gasteiger partial charge in [0.25, 0.3) is 0 Å². The molecule has 0 aromatic heterocycles. The maximum absolute atomic E-state index is 13.0. The van der Waals surface area contributed by atoms with Crippen LogP contribution < -0.4 is 5.32 Å². The first-order valence-corrected chi connectivity index (χ1v) is 6.12. The lowest BCUT2D eigenvalue weighted by Crippen LogP contribution is -2.17. The number of rotatable bonds is 6. The minimum absolute atomic E-state index is 0.303. The Morgan fingerprint density at radius 3 is 2.89 bits per heavy atom. The summed E-state index contributed by atoms with van der Waals surface area (Å²) < 4.78 is 18.1. The monoisotopic (exact) mass is 248 g/mol. The van der Waals surface area contributed by atoms with E-state index < -0.39 is 0 Å². The Labute approximate surface area is 107 Å². The van der Waals surface area contributed by atoms with E-state index in [0.717, 1.165) is 19.6 Å². The number of hydrogen-bond acceptors (Lipinski definition) is 3. The summed E-state index contributed by atoms with van der Waals surface area (Å²) in [7, 11) is 1.71. The molecule has 4 heteroatoms. The van der Waals surface area contributed by atoms with Crippen LogP contribution in [0.1, 0.15) is 24.8 Å². The van der Waals surface area contributed by atoms with Crippen LogP contribution in [-0.4, -0.2) is 20.3 Å². The van der Waals surface area contributed by atoms with Crippen LogP contribution in [0.2, 0.25) is 0 Å². The van der Waals surface area contributed by atoms with Gasteiger partial charge in [0.1, 0.15) is 11.9 Å². The molecule has 0 unspecified atom stereocenters. The molecule has 1 aliphatic rings. The predicted octanol–water partition coefficient (Wildman–Crippen LogP) is 2.93. The molecule has 1 aliphatic carbocycles. The lowest BCUT2D eigenvalue weighted by molar-refractivity contribution is 0.175. The van der Waals surface area contributed by atoms with Crippen molar-refractivity contribution in [3.8, 4) is 6.07 Å². The maximum atomic E-state index is 13.0. The average molecular weight is 248 g/mol. The first kappa shape index (κ1) is 12.8. The van der Waals surface area contributed by atoms with Crippen LogP contribution in [0.25, 0.3) is 0 Å². The van der Waals surface area contributed by atoms with E-state index in [0.29, 0.717) is 16.7 Å². The van der Waals surface area contributed by atoms with Gasteiger partial charge < -0.3 is 10.1 Å². The van der Waals surface area contributed by atoms with Gasteiger partial charge in [0.2, 0.25) is 0 Å². The largest absolute Gasteiger partial charge is 0.385 e. The van der Waals surface area contributed by atoms with Crippen LogP contribution in [0.4, 0.5) is 10.1 Å². The topological polar surface area (TPSA) is 45.0 Å². The van der Waals surface area contributed by atoms with Gasteiger partial charge in [-0.1, -0.05) is 0 Å². The SMILES string of the molecule is COCCC1(CNc2ccc(F)cc2C#N)CC1. The van der Waals surface area contributed by atoms with Crippen molar-refractivity contribution in [3.63, 3.8) is 0 Å². The van der Waals surface area contributed by atoms with Gasteiger partial charge in [0, 0.05) is 20.3 Å². The normalized spacial score (nSPS) is 16.1. The molecule has 18 heavy (non-hydrogen) atoms. The lowest BCUT2D eigenvalue weighted by atomic mass is 10.0. The maximum Gasteiger partial charge on any atom is 0.124 e. The van der Waals surface area contributed by atoms with Crippen LogP contribution in [0, 0.1) is 22.6 Å². The number of nitriles is 1. The van der Waals surface area contributed by atoms with Crippen LogP contribution in [-0.2, 0) is 4.74 Å². The molecular weight excluding hydrogens is 231 g/mol. The van der Waals surface area contributed by atoms with E-state index in [1.54, 1.807) is 13.2 Å². The second-order valence-electron chi connectivity index (χ2n) is 4.90. The highest BCUT2D eigenvalue weighted by atomic mass is 19.1. The van der Waals surface area contributed by atoms with Gasteiger partial charge in [0.15, 0.2) is 0 Å². The number of nitrogens with zero attached hydrogens (tertiary/aromatic N) is 1. The van der Waals surface area contributed by atoms with E-state index in [4.69, 9.17) is 10.00 Å². The Hall–Kier alpha value is -1.60. The highest BCUT2D eigenvalue weighted by molar-refractivity contribution is 5.57. The highest BCUT2D eigenvalue weighted by Gasteiger charge is 2.41. The molecule has 0 amide bonds. The van der Waals surface area contributed by atoms with Crippen molar-refractivity contribution in [2.75, 3.05) is 25.6 Å². The quantitative estimate of drug-likeness (QED) is 0.841. The summed E-state index contributed by atoms with van der Waals surface area (Å²) in [5, 5.41) is 12.2. The summed E-state index contributed by atoms with van der Waals surface area (Å²) >= 11 is 0. The molecule has 1 saturated carbocycles. The molecule has 0 spiro atoms. The second-order valence-corrected chi connectivity index (χ2v) is 4.90. The molecule has 2 rings (SSSR count). The van der Waals surface area contributed by atoms with Gasteiger partial charge in [-0.3, -0.25) is 0 Å². The molecule has 1 aromatic carbocycles. The van der Waals surface area contributed by atoms with Gasteiger partial charge in [0.05, 0.1) is 11.3 Å². The average Bonchev–Trinajstić information content (AvgIpc) is 3.15. The number of anilines is 1. The molecule has 0 saturated heterocycles. The minimum atomic E-state index is -0.377. The summed E-state index contributed by atoms with van der Waals surface area (Å²) in [6, 6.07) is 6.27. The van der Waals surface area contributed by atoms with Crippen molar-refractivity contribution in [3.05, 3.63) is 29.6 Å². The third-order valence-electron chi connectivity index (χ3n) is 3.55. The van der Waals surface area contributed by atoms with E-state index in [1.165, 1.54) is 25.0 Å². The van der Waals surface area contributed by atoms with Crippen molar-refractivity contribution in [2.45, 2.75) is 19.3 Å². The van der Waals surface area contributed by atoms with Gasteiger partial charge >= 0.3 is 0 Å². The number of halogens is 1. The highest BCUT2D eigenvalue weighted by Crippen LogP contribution is 2.48. The fourth-order valence-electron chi connectivity index (χ4n) is 2.06. The Kier molecular flexibility index (Phi) is 3.83. The smallest absolute Gasteiger partial charge is 0.124 e. The Morgan fingerprint density at radius 1 is 1.50 bits per heavy atom. The van der Waals surface area contributed by atoms with Crippen molar-refractivity contribution in [1.29, 1.82) is 5.26 Å². The third-order valence-corrected chi connectivity index (χ3v) is 3.55. The fraction of sp³-hybridized carbons (Fsp3) is 0.500. The summed E-state index contributed by atoms with van der Waals surface area (Å²) in [5.41, 5.74) is 1.37. The zero-order chi connectivity index (χ0) is 13.0. The molecule has 96 valence electrons. The van der Waals surface area contributed by atoms with E-state index in [2.05, 4.69) is 5.32 Å². The molecule has 1 aromatic rings. The summed E-state index contributed by atoms with van der Waals surface area (Å²) in [6.07, 6.45) is 3.40. The van der Waals surface area contributed by atoms with Gasteiger partial charge in [-0.2, -0.15) is 5.26 Å². The number of methoxy groups -OCH3 is 1. The number of benzene rings is 1. The Bertz CT molecular complexity index is 463. The number of ether oxygens (including phenoxy) is 1. The second kappa shape index (κ2) is 5.36. The number of nitrogens with one attached hydrogen (secondary N) is 1. The van der Waals surface area contributed by atoms with Gasteiger partial charge in [-0.15, -0.1) is 0 Å². The van der Waals surface area contributed by atoms with E-state index >= 15 is 0 Å². The lowest BCUT2D eigenvalue weighted by Gasteiger charge is -2.17. The molecule has 0 heterocycles. The predicted molar refractivity (Wildman–Crippen MR) is 67.8 cm³/mol. The van der Waals surface area contributed by atoms with Crippen molar-refractivity contribution in [2.24, 2.45) is 5.41 Å².